The van der Waals surface area contributed by atoms with Gasteiger partial charge in [-0.15, -0.1) is 0 Å². The minimum absolute atomic E-state index is 0.573. The van der Waals surface area contributed by atoms with Crippen LogP contribution in [0.25, 0.3) is 0 Å². The van der Waals surface area contributed by atoms with E-state index in [1.165, 1.54) is 37.0 Å². The standard InChI is InChI=1S/C12H17NO/c1-8-7-10-11(13-9-5-6-9)3-2-4-12(10)14-8/h7,9,11,13H,2-6H2,1H3. The first-order valence-electron chi connectivity index (χ1n) is 5.68. The van der Waals surface area contributed by atoms with Crippen LogP contribution in [0.4, 0.5) is 0 Å². The molecule has 1 fully saturated rings. The lowest BCUT2D eigenvalue weighted by Gasteiger charge is -2.22. The average Bonchev–Trinajstić information content (AvgIpc) is 2.87. The SMILES string of the molecule is Cc1cc2c(o1)CCCC2NC1CC1. The fraction of sp³-hybridized carbons (Fsp3) is 0.667. The van der Waals surface area contributed by atoms with Crippen molar-refractivity contribution in [3.05, 3.63) is 23.2 Å². The van der Waals surface area contributed by atoms with Crippen molar-refractivity contribution in [2.75, 3.05) is 0 Å². The molecule has 2 heteroatoms. The predicted octanol–water partition coefficient (Wildman–Crippen LogP) is 2.72. The van der Waals surface area contributed by atoms with Gasteiger partial charge < -0.3 is 9.73 Å². The molecule has 14 heavy (non-hydrogen) atoms. The summed E-state index contributed by atoms with van der Waals surface area (Å²) >= 11 is 0. The molecule has 0 aromatic carbocycles. The lowest BCUT2D eigenvalue weighted by atomic mass is 9.93. The van der Waals surface area contributed by atoms with Gasteiger partial charge in [-0.3, -0.25) is 0 Å². The third-order valence-electron chi connectivity index (χ3n) is 3.25. The molecule has 0 radical (unpaired) electrons. The van der Waals surface area contributed by atoms with Crippen LogP contribution < -0.4 is 5.32 Å². The molecule has 2 nitrogen and oxygen atoms in total. The van der Waals surface area contributed by atoms with Crippen molar-refractivity contribution >= 4 is 0 Å². The van der Waals surface area contributed by atoms with Crippen molar-refractivity contribution in [1.82, 2.24) is 5.32 Å². The number of aryl methyl sites for hydroxylation is 2. The maximum atomic E-state index is 5.70. The predicted molar refractivity (Wildman–Crippen MR) is 55.3 cm³/mol. The molecule has 2 aliphatic rings. The molecular formula is C12H17NO. The van der Waals surface area contributed by atoms with Crippen molar-refractivity contribution in [2.45, 2.75) is 51.1 Å². The Morgan fingerprint density at radius 3 is 3.00 bits per heavy atom. The van der Waals surface area contributed by atoms with E-state index in [0.717, 1.165) is 18.2 Å². The van der Waals surface area contributed by atoms with Crippen molar-refractivity contribution in [3.8, 4) is 0 Å². The number of rotatable bonds is 2. The third-order valence-corrected chi connectivity index (χ3v) is 3.25. The summed E-state index contributed by atoms with van der Waals surface area (Å²) in [7, 11) is 0. The molecule has 1 atom stereocenters. The zero-order valence-corrected chi connectivity index (χ0v) is 8.68. The molecule has 1 heterocycles. The second-order valence-electron chi connectivity index (χ2n) is 4.62. The highest BCUT2D eigenvalue weighted by Gasteiger charge is 2.29. The Morgan fingerprint density at radius 1 is 1.36 bits per heavy atom. The first-order chi connectivity index (χ1) is 6.83. The van der Waals surface area contributed by atoms with E-state index < -0.39 is 0 Å². The summed E-state index contributed by atoms with van der Waals surface area (Å²) in [6.45, 7) is 2.05. The van der Waals surface area contributed by atoms with E-state index in [1.807, 2.05) is 6.92 Å². The highest BCUT2D eigenvalue weighted by molar-refractivity contribution is 5.27. The van der Waals surface area contributed by atoms with Crippen LogP contribution in [0.15, 0.2) is 10.5 Å². The number of fused-ring (bicyclic) bond motifs is 1. The van der Waals surface area contributed by atoms with Crippen molar-refractivity contribution in [1.29, 1.82) is 0 Å². The normalized spacial score (nSPS) is 26.2. The lowest BCUT2D eigenvalue weighted by Crippen LogP contribution is -2.26. The van der Waals surface area contributed by atoms with Gasteiger partial charge >= 0.3 is 0 Å². The van der Waals surface area contributed by atoms with Crippen molar-refractivity contribution in [3.63, 3.8) is 0 Å². The molecule has 76 valence electrons. The Balaban J connectivity index is 1.85. The van der Waals surface area contributed by atoms with E-state index in [-0.39, 0.29) is 0 Å². The van der Waals surface area contributed by atoms with Crippen LogP contribution in [0.1, 0.15) is 48.8 Å². The Bertz CT molecular complexity index is 338. The minimum atomic E-state index is 0.573. The van der Waals surface area contributed by atoms with Crippen molar-refractivity contribution < 1.29 is 4.42 Å². The molecule has 3 rings (SSSR count). The topological polar surface area (TPSA) is 25.2 Å². The second kappa shape index (κ2) is 3.13. The molecule has 0 spiro atoms. The van der Waals surface area contributed by atoms with Gasteiger partial charge in [-0.1, -0.05) is 0 Å². The van der Waals surface area contributed by atoms with Crippen LogP contribution in [-0.4, -0.2) is 6.04 Å². The summed E-state index contributed by atoms with van der Waals surface area (Å²) in [6.07, 6.45) is 6.41. The monoisotopic (exact) mass is 191 g/mol. The summed E-state index contributed by atoms with van der Waals surface area (Å²) in [6, 6.07) is 3.58. The number of furan rings is 1. The van der Waals surface area contributed by atoms with Gasteiger partial charge in [0.05, 0.1) is 0 Å². The van der Waals surface area contributed by atoms with E-state index >= 15 is 0 Å². The summed E-state index contributed by atoms with van der Waals surface area (Å²) < 4.78 is 5.70. The maximum absolute atomic E-state index is 5.70. The molecule has 1 aromatic heterocycles. The molecule has 0 saturated heterocycles. The van der Waals surface area contributed by atoms with Crippen LogP contribution in [0.2, 0.25) is 0 Å². The van der Waals surface area contributed by atoms with Crippen LogP contribution in [0, 0.1) is 6.92 Å². The van der Waals surface area contributed by atoms with Gasteiger partial charge in [-0.2, -0.15) is 0 Å². The van der Waals surface area contributed by atoms with E-state index in [1.54, 1.807) is 0 Å². The van der Waals surface area contributed by atoms with Crippen LogP contribution >= 0.6 is 0 Å². The summed E-state index contributed by atoms with van der Waals surface area (Å²) in [5.41, 5.74) is 1.43. The van der Waals surface area contributed by atoms with Gasteiger partial charge in [-0.05, 0) is 38.7 Å². The van der Waals surface area contributed by atoms with Crippen LogP contribution in [0.5, 0.6) is 0 Å². The summed E-state index contributed by atoms with van der Waals surface area (Å²) in [4.78, 5) is 0. The smallest absolute Gasteiger partial charge is 0.108 e. The van der Waals surface area contributed by atoms with Gasteiger partial charge in [0.1, 0.15) is 11.5 Å². The van der Waals surface area contributed by atoms with Gasteiger partial charge in [0.25, 0.3) is 0 Å². The number of nitrogens with one attached hydrogen (secondary N) is 1. The van der Waals surface area contributed by atoms with E-state index in [0.29, 0.717) is 6.04 Å². The Hall–Kier alpha value is -0.760. The Kier molecular flexibility index (Phi) is 1.91. The van der Waals surface area contributed by atoms with Crippen LogP contribution in [-0.2, 0) is 6.42 Å². The summed E-state index contributed by atoms with van der Waals surface area (Å²) in [5, 5.41) is 3.70. The highest BCUT2D eigenvalue weighted by Crippen LogP contribution is 2.34. The zero-order valence-electron chi connectivity index (χ0n) is 8.68. The van der Waals surface area contributed by atoms with E-state index in [4.69, 9.17) is 4.42 Å². The maximum Gasteiger partial charge on any atom is 0.108 e. The quantitative estimate of drug-likeness (QED) is 0.777. The minimum Gasteiger partial charge on any atom is -0.466 e. The van der Waals surface area contributed by atoms with Gasteiger partial charge in [0.2, 0.25) is 0 Å². The first-order valence-corrected chi connectivity index (χ1v) is 5.68. The molecule has 1 N–H and O–H groups in total. The molecule has 1 unspecified atom stereocenters. The fourth-order valence-corrected chi connectivity index (χ4v) is 2.40. The second-order valence-corrected chi connectivity index (χ2v) is 4.62. The van der Waals surface area contributed by atoms with Gasteiger partial charge in [-0.25, -0.2) is 0 Å². The van der Waals surface area contributed by atoms with E-state index in [9.17, 15) is 0 Å². The average molecular weight is 191 g/mol. The molecule has 1 aromatic rings. The highest BCUT2D eigenvalue weighted by atomic mass is 16.3. The van der Waals surface area contributed by atoms with E-state index in [2.05, 4.69) is 11.4 Å². The molecule has 0 amide bonds. The molecular weight excluding hydrogens is 174 g/mol. The number of hydrogen-bond acceptors (Lipinski definition) is 2. The van der Waals surface area contributed by atoms with Crippen LogP contribution in [0.3, 0.4) is 0 Å². The first kappa shape index (κ1) is 8.54. The fourth-order valence-electron chi connectivity index (χ4n) is 2.40. The Morgan fingerprint density at radius 2 is 2.21 bits per heavy atom. The third kappa shape index (κ3) is 1.48. The molecule has 2 aliphatic carbocycles. The largest absolute Gasteiger partial charge is 0.466 e. The molecule has 1 saturated carbocycles. The van der Waals surface area contributed by atoms with Gasteiger partial charge in [0, 0.05) is 24.1 Å². The summed E-state index contributed by atoms with van der Waals surface area (Å²) in [5.74, 6) is 2.30. The van der Waals surface area contributed by atoms with Crippen molar-refractivity contribution in [2.24, 2.45) is 0 Å². The Labute approximate surface area is 84.7 Å². The molecule has 0 bridgehead atoms. The zero-order chi connectivity index (χ0) is 9.54. The molecule has 0 aliphatic heterocycles. The number of hydrogen-bond donors (Lipinski definition) is 1. The van der Waals surface area contributed by atoms with Gasteiger partial charge in [0.15, 0.2) is 0 Å². The lowest BCUT2D eigenvalue weighted by molar-refractivity contribution is 0.403.